The van der Waals surface area contributed by atoms with Crippen LogP contribution >= 0.6 is 0 Å². The zero-order valence-corrected chi connectivity index (χ0v) is 16.0. The number of nitrogens with one attached hydrogen (secondary N) is 1. The standard InChI is InChI=1S/C21H31N3O2/c1-15-5-6-17(11-16(15)2)12-20(25)24-10-7-22-18-13-26-14-19(21(18)24)23-8-3-4-9-23/h5-6,11,18-19,21-22H,3-4,7-10,12-14H2,1-2H3/t18?,19-,21?/m0/s1. The Morgan fingerprint density at radius 3 is 2.73 bits per heavy atom. The van der Waals surface area contributed by atoms with Gasteiger partial charge in [0.25, 0.3) is 0 Å². The van der Waals surface area contributed by atoms with Gasteiger partial charge >= 0.3 is 0 Å². The van der Waals surface area contributed by atoms with E-state index in [9.17, 15) is 4.79 Å². The fraction of sp³-hybridized carbons (Fsp3) is 0.667. The van der Waals surface area contributed by atoms with Crippen LogP contribution in [0, 0.1) is 13.8 Å². The first-order chi connectivity index (χ1) is 12.6. The average Bonchev–Trinajstić information content (AvgIpc) is 3.18. The normalized spacial score (nSPS) is 29.6. The smallest absolute Gasteiger partial charge is 0.227 e. The van der Waals surface area contributed by atoms with Gasteiger partial charge in [0, 0.05) is 13.1 Å². The number of hydrogen-bond acceptors (Lipinski definition) is 4. The van der Waals surface area contributed by atoms with Gasteiger partial charge in [0.2, 0.25) is 5.91 Å². The first-order valence-corrected chi connectivity index (χ1v) is 10.0. The Kier molecular flexibility index (Phi) is 5.30. The highest BCUT2D eigenvalue weighted by Gasteiger charge is 2.44. The minimum Gasteiger partial charge on any atom is -0.378 e. The van der Waals surface area contributed by atoms with E-state index in [0.717, 1.165) is 38.3 Å². The zero-order chi connectivity index (χ0) is 18.1. The van der Waals surface area contributed by atoms with Crippen molar-refractivity contribution in [3.63, 3.8) is 0 Å². The van der Waals surface area contributed by atoms with E-state index in [1.807, 2.05) is 0 Å². The molecule has 1 aromatic rings. The summed E-state index contributed by atoms with van der Waals surface area (Å²) in [4.78, 5) is 17.9. The zero-order valence-electron chi connectivity index (χ0n) is 16.0. The number of carbonyl (C=O) groups is 1. The third kappa shape index (κ3) is 3.53. The highest BCUT2D eigenvalue weighted by atomic mass is 16.5. The number of rotatable bonds is 3. The lowest BCUT2D eigenvalue weighted by atomic mass is 9.92. The molecule has 3 atom stereocenters. The fourth-order valence-electron chi connectivity index (χ4n) is 4.78. The minimum atomic E-state index is 0.231. The molecular weight excluding hydrogens is 326 g/mol. The second-order valence-corrected chi connectivity index (χ2v) is 8.08. The van der Waals surface area contributed by atoms with Gasteiger partial charge in [-0.05, 0) is 56.5 Å². The van der Waals surface area contributed by atoms with Crippen LogP contribution in [0.2, 0.25) is 0 Å². The summed E-state index contributed by atoms with van der Waals surface area (Å²) in [7, 11) is 0. The van der Waals surface area contributed by atoms with E-state index in [1.54, 1.807) is 0 Å². The molecule has 3 heterocycles. The van der Waals surface area contributed by atoms with Crippen LogP contribution in [0.5, 0.6) is 0 Å². The second-order valence-electron chi connectivity index (χ2n) is 8.08. The molecule has 3 aliphatic heterocycles. The van der Waals surface area contributed by atoms with Crippen LogP contribution in [0.15, 0.2) is 18.2 Å². The van der Waals surface area contributed by atoms with Crippen molar-refractivity contribution in [1.29, 1.82) is 0 Å². The molecule has 0 bridgehead atoms. The quantitative estimate of drug-likeness (QED) is 0.891. The molecule has 3 fully saturated rings. The summed E-state index contributed by atoms with van der Waals surface area (Å²) in [6.45, 7) is 9.62. The number of benzene rings is 1. The molecule has 1 N–H and O–H groups in total. The molecule has 142 valence electrons. The average molecular weight is 357 g/mol. The van der Waals surface area contributed by atoms with Crippen molar-refractivity contribution in [3.8, 4) is 0 Å². The van der Waals surface area contributed by atoms with Gasteiger partial charge in [-0.1, -0.05) is 18.2 Å². The topological polar surface area (TPSA) is 44.8 Å². The monoisotopic (exact) mass is 357 g/mol. The Labute approximate surface area is 156 Å². The summed E-state index contributed by atoms with van der Waals surface area (Å²) in [6.07, 6.45) is 3.02. The van der Waals surface area contributed by atoms with Crippen LogP contribution in [0.25, 0.3) is 0 Å². The number of fused-ring (bicyclic) bond motifs is 1. The number of amides is 1. The largest absolute Gasteiger partial charge is 0.378 e. The number of nitrogens with zero attached hydrogens (tertiary/aromatic N) is 2. The van der Waals surface area contributed by atoms with Crippen molar-refractivity contribution in [2.45, 2.75) is 51.2 Å². The van der Waals surface area contributed by atoms with Crippen molar-refractivity contribution >= 4 is 5.91 Å². The van der Waals surface area contributed by atoms with Crippen molar-refractivity contribution in [2.75, 3.05) is 39.4 Å². The molecule has 0 radical (unpaired) electrons. The highest BCUT2D eigenvalue weighted by Crippen LogP contribution is 2.26. The van der Waals surface area contributed by atoms with Gasteiger partial charge in [0.1, 0.15) is 0 Å². The molecule has 5 heteroatoms. The number of likely N-dealkylation sites (tertiary alicyclic amines) is 1. The third-order valence-corrected chi connectivity index (χ3v) is 6.37. The van der Waals surface area contributed by atoms with E-state index in [4.69, 9.17) is 4.74 Å². The Morgan fingerprint density at radius 1 is 1.15 bits per heavy atom. The molecule has 3 saturated heterocycles. The predicted octanol–water partition coefficient (Wildman–Crippen LogP) is 1.51. The first-order valence-electron chi connectivity index (χ1n) is 10.0. The Morgan fingerprint density at radius 2 is 1.96 bits per heavy atom. The maximum absolute atomic E-state index is 13.2. The molecule has 0 saturated carbocycles. The molecule has 1 aromatic carbocycles. The van der Waals surface area contributed by atoms with E-state index in [1.165, 1.54) is 24.0 Å². The van der Waals surface area contributed by atoms with Gasteiger partial charge in [-0.3, -0.25) is 9.69 Å². The molecular formula is C21H31N3O2. The molecule has 5 nitrogen and oxygen atoms in total. The molecule has 0 spiro atoms. The molecule has 0 aromatic heterocycles. The lowest BCUT2D eigenvalue weighted by molar-refractivity contribution is -0.142. The van der Waals surface area contributed by atoms with E-state index >= 15 is 0 Å². The molecule has 4 rings (SSSR count). The first kappa shape index (κ1) is 18.0. The lowest BCUT2D eigenvalue weighted by Crippen LogP contribution is -2.70. The molecule has 3 aliphatic rings. The summed E-state index contributed by atoms with van der Waals surface area (Å²) in [5.41, 5.74) is 3.66. The fourth-order valence-corrected chi connectivity index (χ4v) is 4.78. The minimum absolute atomic E-state index is 0.231. The Hall–Kier alpha value is -1.43. The molecule has 0 aliphatic carbocycles. The van der Waals surface area contributed by atoms with Gasteiger partial charge in [-0.2, -0.15) is 0 Å². The van der Waals surface area contributed by atoms with Crippen molar-refractivity contribution in [1.82, 2.24) is 15.1 Å². The van der Waals surface area contributed by atoms with Gasteiger partial charge in [0.15, 0.2) is 0 Å². The Balaban J connectivity index is 1.52. The van der Waals surface area contributed by atoms with E-state index in [2.05, 4.69) is 47.2 Å². The van der Waals surface area contributed by atoms with E-state index < -0.39 is 0 Å². The SMILES string of the molecule is Cc1ccc(CC(=O)N2CCNC3COC[C@H](N4CCCC4)C32)cc1C. The summed E-state index contributed by atoms with van der Waals surface area (Å²) in [6, 6.07) is 7.20. The van der Waals surface area contributed by atoms with Crippen molar-refractivity contribution in [2.24, 2.45) is 0 Å². The van der Waals surface area contributed by atoms with E-state index in [-0.39, 0.29) is 18.0 Å². The second kappa shape index (κ2) is 7.67. The van der Waals surface area contributed by atoms with Crippen LogP contribution < -0.4 is 5.32 Å². The maximum atomic E-state index is 13.2. The maximum Gasteiger partial charge on any atom is 0.227 e. The number of piperazine rings is 1. The van der Waals surface area contributed by atoms with Crippen LogP contribution in [0.1, 0.15) is 29.5 Å². The number of carbonyl (C=O) groups excluding carboxylic acids is 1. The highest BCUT2D eigenvalue weighted by molar-refractivity contribution is 5.79. The van der Waals surface area contributed by atoms with Crippen molar-refractivity contribution < 1.29 is 9.53 Å². The summed E-state index contributed by atoms with van der Waals surface area (Å²) in [5.74, 6) is 0.260. The van der Waals surface area contributed by atoms with Gasteiger partial charge < -0.3 is 15.0 Å². The number of hydrogen-bond donors (Lipinski definition) is 1. The van der Waals surface area contributed by atoms with Crippen LogP contribution in [-0.2, 0) is 16.0 Å². The summed E-state index contributed by atoms with van der Waals surface area (Å²) < 4.78 is 5.90. The van der Waals surface area contributed by atoms with Crippen LogP contribution in [0.4, 0.5) is 0 Å². The van der Waals surface area contributed by atoms with Crippen LogP contribution in [-0.4, -0.2) is 73.2 Å². The summed E-state index contributed by atoms with van der Waals surface area (Å²) in [5, 5.41) is 3.59. The molecule has 2 unspecified atom stereocenters. The third-order valence-electron chi connectivity index (χ3n) is 6.37. The molecule has 26 heavy (non-hydrogen) atoms. The Bertz CT molecular complexity index is 655. The van der Waals surface area contributed by atoms with E-state index in [0.29, 0.717) is 19.1 Å². The molecule has 1 amide bonds. The predicted molar refractivity (Wildman–Crippen MR) is 102 cm³/mol. The van der Waals surface area contributed by atoms with Crippen LogP contribution in [0.3, 0.4) is 0 Å². The van der Waals surface area contributed by atoms with Gasteiger partial charge in [0.05, 0.1) is 37.8 Å². The summed E-state index contributed by atoms with van der Waals surface area (Å²) >= 11 is 0. The number of ether oxygens (including phenoxy) is 1. The van der Waals surface area contributed by atoms with Gasteiger partial charge in [-0.15, -0.1) is 0 Å². The van der Waals surface area contributed by atoms with Crippen molar-refractivity contribution in [3.05, 3.63) is 34.9 Å². The number of aryl methyl sites for hydroxylation is 2. The van der Waals surface area contributed by atoms with Gasteiger partial charge in [-0.25, -0.2) is 0 Å². The lowest BCUT2D eigenvalue weighted by Gasteiger charge is -2.50.